The Kier molecular flexibility index (Phi) is 3.90. The molecule has 0 saturated carbocycles. The number of nitrogens with zero attached hydrogens (tertiary/aromatic N) is 2. The van der Waals surface area contributed by atoms with Gasteiger partial charge in [-0.05, 0) is 5.56 Å². The smallest absolute Gasteiger partial charge is 0.347 e. The highest BCUT2D eigenvalue weighted by Gasteiger charge is 2.25. The van der Waals surface area contributed by atoms with Crippen LogP contribution < -0.4 is 5.73 Å². The van der Waals surface area contributed by atoms with E-state index in [0.29, 0.717) is 0 Å². The Bertz CT molecular complexity index is 643. The first-order chi connectivity index (χ1) is 9.59. The molecule has 102 valence electrons. The van der Waals surface area contributed by atoms with E-state index in [1.54, 1.807) is 24.3 Å². The Hall–Kier alpha value is -2.96. The van der Waals surface area contributed by atoms with Gasteiger partial charge in [-0.2, -0.15) is 0 Å². The van der Waals surface area contributed by atoms with E-state index in [1.165, 1.54) is 0 Å². The molecule has 0 radical (unpaired) electrons. The molecule has 0 aliphatic heterocycles. The summed E-state index contributed by atoms with van der Waals surface area (Å²) in [4.78, 5) is 25.7. The molecule has 2 rings (SSSR count). The van der Waals surface area contributed by atoms with Crippen LogP contribution >= 0.6 is 0 Å². The third-order valence-corrected chi connectivity index (χ3v) is 2.56. The molecule has 0 amide bonds. The molecule has 0 spiro atoms. The number of anilines is 1. The van der Waals surface area contributed by atoms with Gasteiger partial charge in [0, 0.05) is 6.20 Å². The van der Waals surface area contributed by atoms with Gasteiger partial charge < -0.3 is 10.5 Å². The maximum atomic E-state index is 11.9. The van der Waals surface area contributed by atoms with Crippen LogP contribution in [0.5, 0.6) is 0 Å². The van der Waals surface area contributed by atoms with Crippen LogP contribution in [0, 0.1) is 10.1 Å². The Morgan fingerprint density at radius 2 is 2.00 bits per heavy atom. The number of nitrogen functional groups attached to an aromatic ring is 1. The monoisotopic (exact) mass is 273 g/mol. The highest BCUT2D eigenvalue weighted by atomic mass is 16.6. The molecule has 2 aromatic rings. The Morgan fingerprint density at radius 3 is 2.65 bits per heavy atom. The lowest BCUT2D eigenvalue weighted by atomic mass is 10.2. The molecule has 1 aromatic heterocycles. The molecule has 0 aliphatic carbocycles. The average molecular weight is 273 g/mol. The fourth-order valence-electron chi connectivity index (χ4n) is 1.62. The minimum Gasteiger partial charge on any atom is -0.457 e. The summed E-state index contributed by atoms with van der Waals surface area (Å²) in [7, 11) is 0. The normalized spacial score (nSPS) is 10.0. The molecular formula is C13H11N3O4. The summed E-state index contributed by atoms with van der Waals surface area (Å²) in [6.07, 6.45) is 2.19. The quantitative estimate of drug-likeness (QED) is 0.518. The zero-order chi connectivity index (χ0) is 14.5. The number of hydrogen-bond acceptors (Lipinski definition) is 6. The lowest BCUT2D eigenvalue weighted by molar-refractivity contribution is -0.384. The molecule has 0 fully saturated rings. The van der Waals surface area contributed by atoms with Gasteiger partial charge in [-0.15, -0.1) is 0 Å². The van der Waals surface area contributed by atoms with Crippen LogP contribution in [0.15, 0.2) is 42.7 Å². The number of pyridine rings is 1. The summed E-state index contributed by atoms with van der Waals surface area (Å²) in [5, 5.41) is 10.9. The zero-order valence-corrected chi connectivity index (χ0v) is 10.4. The van der Waals surface area contributed by atoms with E-state index >= 15 is 0 Å². The fourth-order valence-corrected chi connectivity index (χ4v) is 1.62. The Morgan fingerprint density at radius 1 is 1.30 bits per heavy atom. The number of carbonyl (C=O) groups is 1. The van der Waals surface area contributed by atoms with Crippen LogP contribution in [0.4, 0.5) is 11.4 Å². The summed E-state index contributed by atoms with van der Waals surface area (Å²) >= 11 is 0. The van der Waals surface area contributed by atoms with Crippen LogP contribution in [0.1, 0.15) is 15.9 Å². The average Bonchev–Trinajstić information content (AvgIpc) is 2.45. The molecule has 0 unspecified atom stereocenters. The standard InChI is InChI=1S/C13H11N3O4/c14-11-7-15-6-10(12(11)16(18)19)13(17)20-8-9-4-2-1-3-5-9/h1-7H,8,14H2. The third kappa shape index (κ3) is 2.89. The highest BCUT2D eigenvalue weighted by molar-refractivity contribution is 5.95. The summed E-state index contributed by atoms with van der Waals surface area (Å²) in [6, 6.07) is 8.98. The van der Waals surface area contributed by atoms with Gasteiger partial charge in [0.1, 0.15) is 12.3 Å². The third-order valence-electron chi connectivity index (χ3n) is 2.56. The van der Waals surface area contributed by atoms with Crippen LogP contribution in [0.3, 0.4) is 0 Å². The van der Waals surface area contributed by atoms with E-state index in [9.17, 15) is 14.9 Å². The maximum absolute atomic E-state index is 11.9. The first kappa shape index (κ1) is 13.5. The van der Waals surface area contributed by atoms with Crippen LogP contribution in [-0.4, -0.2) is 15.9 Å². The van der Waals surface area contributed by atoms with Crippen molar-refractivity contribution in [3.63, 3.8) is 0 Å². The topological polar surface area (TPSA) is 108 Å². The maximum Gasteiger partial charge on any atom is 0.347 e. The second-order valence-corrected chi connectivity index (χ2v) is 3.94. The number of nitrogens with two attached hydrogens (primary N) is 1. The molecule has 7 nitrogen and oxygen atoms in total. The second-order valence-electron chi connectivity index (χ2n) is 3.94. The van der Waals surface area contributed by atoms with Crippen molar-refractivity contribution < 1.29 is 14.5 Å². The summed E-state index contributed by atoms with van der Waals surface area (Å²) in [5.74, 6) is -0.833. The molecule has 0 aliphatic rings. The van der Waals surface area contributed by atoms with Gasteiger partial charge in [0.2, 0.25) is 0 Å². The number of carbonyl (C=O) groups excluding carboxylic acids is 1. The lowest BCUT2D eigenvalue weighted by Gasteiger charge is -2.06. The van der Waals surface area contributed by atoms with E-state index in [2.05, 4.69) is 4.98 Å². The Balaban J connectivity index is 2.18. The number of aromatic nitrogens is 1. The minimum atomic E-state index is -0.833. The van der Waals surface area contributed by atoms with E-state index in [1.807, 2.05) is 6.07 Å². The van der Waals surface area contributed by atoms with Gasteiger partial charge in [-0.25, -0.2) is 4.79 Å². The number of esters is 1. The zero-order valence-electron chi connectivity index (χ0n) is 10.4. The first-order valence-corrected chi connectivity index (χ1v) is 5.68. The molecule has 0 atom stereocenters. The van der Waals surface area contributed by atoms with E-state index in [-0.39, 0.29) is 17.9 Å². The molecule has 0 bridgehead atoms. The van der Waals surface area contributed by atoms with Crippen molar-refractivity contribution in [3.8, 4) is 0 Å². The number of rotatable bonds is 4. The number of ether oxygens (including phenoxy) is 1. The second kappa shape index (κ2) is 5.79. The molecule has 1 aromatic carbocycles. The van der Waals surface area contributed by atoms with Gasteiger partial charge in [0.05, 0.1) is 11.1 Å². The van der Waals surface area contributed by atoms with Crippen molar-refractivity contribution in [2.24, 2.45) is 0 Å². The fraction of sp³-hybridized carbons (Fsp3) is 0.0769. The largest absolute Gasteiger partial charge is 0.457 e. The van der Waals surface area contributed by atoms with Crippen LogP contribution in [0.2, 0.25) is 0 Å². The van der Waals surface area contributed by atoms with Crippen molar-refractivity contribution in [2.75, 3.05) is 5.73 Å². The predicted molar refractivity (Wildman–Crippen MR) is 70.9 cm³/mol. The van der Waals surface area contributed by atoms with Gasteiger partial charge in [-0.1, -0.05) is 30.3 Å². The number of nitro groups is 1. The van der Waals surface area contributed by atoms with E-state index < -0.39 is 16.6 Å². The van der Waals surface area contributed by atoms with Gasteiger partial charge in [0.15, 0.2) is 5.56 Å². The Labute approximate surface area is 114 Å². The molecular weight excluding hydrogens is 262 g/mol. The number of hydrogen-bond donors (Lipinski definition) is 1. The van der Waals surface area contributed by atoms with Gasteiger partial charge in [-0.3, -0.25) is 15.1 Å². The minimum absolute atomic E-state index is 0.0195. The van der Waals surface area contributed by atoms with E-state index in [0.717, 1.165) is 18.0 Å². The molecule has 1 heterocycles. The summed E-state index contributed by atoms with van der Waals surface area (Å²) < 4.78 is 5.02. The van der Waals surface area contributed by atoms with E-state index in [4.69, 9.17) is 10.5 Å². The SMILES string of the molecule is Nc1cncc(C(=O)OCc2ccccc2)c1[N+](=O)[O-]. The molecule has 0 saturated heterocycles. The van der Waals surface area contributed by atoms with Crippen LogP contribution in [-0.2, 0) is 11.3 Å². The molecule has 2 N–H and O–H groups in total. The lowest BCUT2D eigenvalue weighted by Crippen LogP contribution is -2.10. The summed E-state index contributed by atoms with van der Waals surface area (Å²) in [6.45, 7) is 0.0195. The van der Waals surface area contributed by atoms with Gasteiger partial charge in [0.25, 0.3) is 0 Å². The molecule has 20 heavy (non-hydrogen) atoms. The van der Waals surface area contributed by atoms with Crippen molar-refractivity contribution >= 4 is 17.3 Å². The predicted octanol–water partition coefficient (Wildman–Crippen LogP) is 1.93. The first-order valence-electron chi connectivity index (χ1n) is 5.68. The number of benzene rings is 1. The van der Waals surface area contributed by atoms with Crippen LogP contribution in [0.25, 0.3) is 0 Å². The molecule has 7 heteroatoms. The van der Waals surface area contributed by atoms with Crippen molar-refractivity contribution in [1.29, 1.82) is 0 Å². The van der Waals surface area contributed by atoms with Crippen molar-refractivity contribution in [3.05, 3.63) is 64.0 Å². The van der Waals surface area contributed by atoms with Crippen molar-refractivity contribution in [1.82, 2.24) is 4.98 Å². The summed E-state index contributed by atoms with van der Waals surface area (Å²) in [5.41, 5.74) is 5.31. The van der Waals surface area contributed by atoms with Gasteiger partial charge >= 0.3 is 11.7 Å². The van der Waals surface area contributed by atoms with Crippen molar-refractivity contribution in [2.45, 2.75) is 6.61 Å². The highest BCUT2D eigenvalue weighted by Crippen LogP contribution is 2.25.